The molecule has 1 aliphatic heterocycles. The highest BCUT2D eigenvalue weighted by atomic mass is 32.1. The minimum absolute atomic E-state index is 0.0300. The van der Waals surface area contributed by atoms with E-state index >= 15 is 0 Å². The Morgan fingerprint density at radius 1 is 1.26 bits per heavy atom. The molecule has 1 amide bonds. The Morgan fingerprint density at radius 3 is 2.77 bits per heavy atom. The van der Waals surface area contributed by atoms with Gasteiger partial charge in [0.05, 0.1) is 18.3 Å². The van der Waals surface area contributed by atoms with Crippen LogP contribution in [0, 0.1) is 5.82 Å². The summed E-state index contributed by atoms with van der Waals surface area (Å²) in [6.07, 6.45) is 6.44. The zero-order valence-electron chi connectivity index (χ0n) is 17.6. The number of anilines is 2. The Morgan fingerprint density at radius 2 is 2.06 bits per heavy atom. The van der Waals surface area contributed by atoms with E-state index in [-0.39, 0.29) is 24.3 Å². The summed E-state index contributed by atoms with van der Waals surface area (Å²) in [7, 11) is 3.80. The summed E-state index contributed by atoms with van der Waals surface area (Å²) in [6, 6.07) is 6.35. The van der Waals surface area contributed by atoms with E-state index < -0.39 is 0 Å². The van der Waals surface area contributed by atoms with Crippen LogP contribution in [0.25, 0.3) is 11.1 Å². The fraction of sp³-hybridized carbons (Fsp3) is 0.364. The SMILES string of the molecule is CN(C)c1ncc(-c2ccc(F)cc2)c(C2CCCCN2CC(=O)Nc2nccs2)n1. The Labute approximate surface area is 185 Å². The highest BCUT2D eigenvalue weighted by Crippen LogP contribution is 2.36. The second-order valence-corrected chi connectivity index (χ2v) is 8.63. The fourth-order valence-electron chi connectivity index (χ4n) is 3.82. The van der Waals surface area contributed by atoms with Crippen LogP contribution >= 0.6 is 11.3 Å². The van der Waals surface area contributed by atoms with Crippen LogP contribution in [0.15, 0.2) is 42.0 Å². The molecule has 2 aromatic heterocycles. The summed E-state index contributed by atoms with van der Waals surface area (Å²) >= 11 is 1.40. The molecule has 7 nitrogen and oxygen atoms in total. The molecule has 9 heteroatoms. The van der Waals surface area contributed by atoms with Crippen LogP contribution in [-0.2, 0) is 4.79 Å². The van der Waals surface area contributed by atoms with E-state index in [1.165, 1.54) is 23.5 Å². The number of piperidine rings is 1. The molecule has 1 atom stereocenters. The molecule has 3 heterocycles. The van der Waals surface area contributed by atoms with Crippen molar-refractivity contribution in [2.75, 3.05) is 37.4 Å². The van der Waals surface area contributed by atoms with Crippen molar-refractivity contribution in [1.29, 1.82) is 0 Å². The number of carbonyl (C=O) groups excluding carboxylic acids is 1. The number of hydrogen-bond acceptors (Lipinski definition) is 7. The van der Waals surface area contributed by atoms with Gasteiger partial charge in [-0.15, -0.1) is 11.3 Å². The van der Waals surface area contributed by atoms with Crippen LogP contribution < -0.4 is 10.2 Å². The van der Waals surface area contributed by atoms with Gasteiger partial charge in [0.1, 0.15) is 5.82 Å². The van der Waals surface area contributed by atoms with Gasteiger partial charge in [-0.1, -0.05) is 18.6 Å². The van der Waals surface area contributed by atoms with Crippen molar-refractivity contribution >= 4 is 28.3 Å². The number of hydrogen-bond donors (Lipinski definition) is 1. The maximum Gasteiger partial charge on any atom is 0.240 e. The van der Waals surface area contributed by atoms with Crippen LogP contribution in [0.1, 0.15) is 31.0 Å². The highest BCUT2D eigenvalue weighted by Gasteiger charge is 2.30. The predicted octanol–water partition coefficient (Wildman–Crippen LogP) is 3.97. The molecule has 1 aliphatic rings. The molecule has 1 unspecified atom stereocenters. The van der Waals surface area contributed by atoms with Crippen molar-refractivity contribution in [3.05, 3.63) is 53.6 Å². The second-order valence-electron chi connectivity index (χ2n) is 7.74. The van der Waals surface area contributed by atoms with Crippen molar-refractivity contribution in [2.24, 2.45) is 0 Å². The largest absolute Gasteiger partial charge is 0.347 e. The molecular weight excluding hydrogens is 415 g/mol. The van der Waals surface area contributed by atoms with Crippen LogP contribution in [0.2, 0.25) is 0 Å². The number of thiazole rings is 1. The Kier molecular flexibility index (Phi) is 6.53. The highest BCUT2D eigenvalue weighted by molar-refractivity contribution is 7.13. The number of amides is 1. The summed E-state index contributed by atoms with van der Waals surface area (Å²) in [5, 5.41) is 5.30. The molecule has 1 saturated heterocycles. The van der Waals surface area contributed by atoms with Gasteiger partial charge in [-0.05, 0) is 37.1 Å². The topological polar surface area (TPSA) is 74.2 Å². The van der Waals surface area contributed by atoms with Crippen molar-refractivity contribution in [3.8, 4) is 11.1 Å². The molecule has 1 N–H and O–H groups in total. The first-order chi connectivity index (χ1) is 15.0. The molecule has 31 heavy (non-hydrogen) atoms. The standard InChI is InChI=1S/C22H25FN6OS/c1-28(2)21-25-13-17(15-6-8-16(23)9-7-15)20(27-21)18-5-3-4-11-29(18)14-19(30)26-22-24-10-12-31-22/h6-10,12-13,18H,3-5,11,14H2,1-2H3,(H,24,26,30). The number of aromatic nitrogens is 3. The molecule has 0 bridgehead atoms. The molecule has 162 valence electrons. The lowest BCUT2D eigenvalue weighted by Crippen LogP contribution is -2.40. The van der Waals surface area contributed by atoms with E-state index in [4.69, 9.17) is 4.98 Å². The molecule has 1 aromatic carbocycles. The average Bonchev–Trinajstić information content (AvgIpc) is 3.27. The zero-order chi connectivity index (χ0) is 21.8. The van der Waals surface area contributed by atoms with Crippen LogP contribution in [0.3, 0.4) is 0 Å². The molecule has 0 radical (unpaired) electrons. The van der Waals surface area contributed by atoms with Gasteiger partial charge in [-0.3, -0.25) is 9.69 Å². The number of nitrogens with one attached hydrogen (secondary N) is 1. The molecule has 0 aliphatic carbocycles. The van der Waals surface area contributed by atoms with Gasteiger partial charge in [0.25, 0.3) is 0 Å². The predicted molar refractivity (Wildman–Crippen MR) is 121 cm³/mol. The number of likely N-dealkylation sites (tertiary alicyclic amines) is 1. The maximum atomic E-state index is 13.5. The third-order valence-electron chi connectivity index (χ3n) is 5.32. The Hall–Kier alpha value is -2.91. The Bertz CT molecular complexity index is 1020. The number of nitrogens with zero attached hydrogens (tertiary/aromatic N) is 5. The third-order valence-corrected chi connectivity index (χ3v) is 6.00. The number of carbonyl (C=O) groups is 1. The zero-order valence-corrected chi connectivity index (χ0v) is 18.4. The summed E-state index contributed by atoms with van der Waals surface area (Å²) < 4.78 is 13.5. The smallest absolute Gasteiger partial charge is 0.240 e. The lowest BCUT2D eigenvalue weighted by molar-refractivity contribution is -0.118. The summed E-state index contributed by atoms with van der Waals surface area (Å²) in [5.41, 5.74) is 2.59. The summed E-state index contributed by atoms with van der Waals surface area (Å²) in [5.74, 6) is 0.236. The van der Waals surface area contributed by atoms with Crippen LogP contribution in [0.4, 0.5) is 15.5 Å². The van der Waals surface area contributed by atoms with E-state index in [9.17, 15) is 9.18 Å². The van der Waals surface area contributed by atoms with Gasteiger partial charge < -0.3 is 10.2 Å². The number of rotatable bonds is 6. The van der Waals surface area contributed by atoms with E-state index in [1.807, 2.05) is 24.4 Å². The summed E-state index contributed by atoms with van der Waals surface area (Å²) in [4.78, 5) is 30.2. The minimum atomic E-state index is -0.283. The molecule has 1 fully saturated rings. The molecule has 3 aromatic rings. The van der Waals surface area contributed by atoms with Gasteiger partial charge in [0, 0.05) is 37.4 Å². The van der Waals surface area contributed by atoms with E-state index in [1.54, 1.807) is 24.5 Å². The second kappa shape index (κ2) is 9.49. The van der Waals surface area contributed by atoms with Gasteiger partial charge in [0.2, 0.25) is 11.9 Å². The van der Waals surface area contributed by atoms with Crippen LogP contribution in [0.5, 0.6) is 0 Å². The first kappa shape index (κ1) is 21.3. The summed E-state index contributed by atoms with van der Waals surface area (Å²) in [6.45, 7) is 1.06. The van der Waals surface area contributed by atoms with Crippen LogP contribution in [-0.4, -0.2) is 52.9 Å². The lowest BCUT2D eigenvalue weighted by Gasteiger charge is -2.35. The molecule has 0 spiro atoms. The van der Waals surface area contributed by atoms with Gasteiger partial charge in [-0.25, -0.2) is 19.3 Å². The van der Waals surface area contributed by atoms with E-state index in [0.717, 1.165) is 42.6 Å². The normalized spacial score (nSPS) is 16.8. The first-order valence-corrected chi connectivity index (χ1v) is 11.1. The number of benzene rings is 1. The number of halogens is 1. The van der Waals surface area contributed by atoms with Gasteiger partial charge in [-0.2, -0.15) is 0 Å². The molecule has 4 rings (SSSR count). The van der Waals surface area contributed by atoms with Crippen molar-refractivity contribution in [2.45, 2.75) is 25.3 Å². The average molecular weight is 441 g/mol. The van der Waals surface area contributed by atoms with Crippen molar-refractivity contribution in [3.63, 3.8) is 0 Å². The van der Waals surface area contributed by atoms with E-state index in [2.05, 4.69) is 20.2 Å². The quantitative estimate of drug-likeness (QED) is 0.625. The van der Waals surface area contributed by atoms with Gasteiger partial charge in [0.15, 0.2) is 5.13 Å². The monoisotopic (exact) mass is 440 g/mol. The van der Waals surface area contributed by atoms with Gasteiger partial charge >= 0.3 is 0 Å². The third kappa shape index (κ3) is 5.05. The van der Waals surface area contributed by atoms with Crippen molar-refractivity contribution in [1.82, 2.24) is 19.9 Å². The Balaban J connectivity index is 1.66. The first-order valence-electron chi connectivity index (χ1n) is 10.2. The minimum Gasteiger partial charge on any atom is -0.347 e. The lowest BCUT2D eigenvalue weighted by atomic mass is 9.93. The van der Waals surface area contributed by atoms with E-state index in [0.29, 0.717) is 11.1 Å². The van der Waals surface area contributed by atoms with Crippen molar-refractivity contribution < 1.29 is 9.18 Å². The molecule has 0 saturated carbocycles. The fourth-order valence-corrected chi connectivity index (χ4v) is 4.37. The molecular formula is C22H25FN6OS. The maximum absolute atomic E-state index is 13.5.